The number of hydrogen-bond donors (Lipinski definition) is 0. The first-order chi connectivity index (χ1) is 27.7. The predicted molar refractivity (Wildman–Crippen MR) is 235 cm³/mol. The fraction of sp³-hybridized carbons (Fsp3) is 0. The number of thiophene rings is 1. The van der Waals surface area contributed by atoms with E-state index in [0.717, 1.165) is 61.1 Å². The highest BCUT2D eigenvalue weighted by Gasteiger charge is 2.20. The lowest BCUT2D eigenvalue weighted by Crippen LogP contribution is -1.96. The first-order valence-electron chi connectivity index (χ1n) is 18.8. The van der Waals surface area contributed by atoms with Gasteiger partial charge in [-0.1, -0.05) is 164 Å². The van der Waals surface area contributed by atoms with Gasteiger partial charge in [0.25, 0.3) is 0 Å². The molecule has 0 aliphatic heterocycles. The summed E-state index contributed by atoms with van der Waals surface area (Å²) in [7, 11) is 0. The topological polar surface area (TPSA) is 38.9 Å². The van der Waals surface area contributed by atoms with E-state index < -0.39 is 0 Å². The Kier molecular flexibility index (Phi) is 7.68. The van der Waals surface area contributed by atoms with Crippen LogP contribution in [0.25, 0.3) is 109 Å². The van der Waals surface area contributed by atoms with Gasteiger partial charge in [-0.2, -0.15) is 0 Å². The average Bonchev–Trinajstić information content (AvgIpc) is 3.86. The molecule has 11 aromatic rings. The van der Waals surface area contributed by atoms with Crippen molar-refractivity contribution in [2.24, 2.45) is 0 Å². The molecule has 0 N–H and O–H groups in total. The summed E-state index contributed by atoms with van der Waals surface area (Å²) in [6.45, 7) is 0. The van der Waals surface area contributed by atoms with Crippen LogP contribution >= 0.6 is 11.3 Å². The molecule has 11 rings (SSSR count). The van der Waals surface area contributed by atoms with E-state index >= 15 is 0 Å². The number of fused-ring (bicyclic) bond motifs is 6. The Bertz CT molecular complexity index is 3220. The van der Waals surface area contributed by atoms with Crippen LogP contribution in [0.4, 0.5) is 0 Å². The lowest BCUT2D eigenvalue weighted by Gasteiger charge is -2.12. The first-order valence-corrected chi connectivity index (χ1v) is 19.6. The van der Waals surface area contributed by atoms with Gasteiger partial charge in [-0.3, -0.25) is 0 Å². The van der Waals surface area contributed by atoms with E-state index in [2.05, 4.69) is 164 Å². The molecule has 8 aromatic carbocycles. The normalized spacial score (nSPS) is 11.6. The van der Waals surface area contributed by atoms with Gasteiger partial charge in [0.2, 0.25) is 0 Å². The molecule has 0 amide bonds. The standard InChI is InChI=1S/C52H32N2OS/c1-3-12-33(13-4-1)34-22-26-37(27-23-34)45-32-44(36-14-5-2-6-15-36)53-52(54-45)38-28-24-35(25-29-38)39-30-31-41(50-42-16-7-9-19-46(42)55-51(39)50)40-18-11-21-48-49(40)43-17-8-10-20-47(43)56-48/h1-32H. The van der Waals surface area contributed by atoms with Crippen LogP contribution < -0.4 is 0 Å². The van der Waals surface area contributed by atoms with Gasteiger partial charge in [0.1, 0.15) is 11.2 Å². The Morgan fingerprint density at radius 2 is 0.893 bits per heavy atom. The summed E-state index contributed by atoms with van der Waals surface area (Å²) in [4.78, 5) is 10.2. The number of para-hydroxylation sites is 1. The molecular weight excluding hydrogens is 701 g/mol. The zero-order chi connectivity index (χ0) is 37.0. The van der Waals surface area contributed by atoms with Crippen molar-refractivity contribution in [2.75, 3.05) is 0 Å². The second-order valence-electron chi connectivity index (χ2n) is 14.1. The second kappa shape index (κ2) is 13.3. The monoisotopic (exact) mass is 732 g/mol. The van der Waals surface area contributed by atoms with Crippen molar-refractivity contribution in [1.29, 1.82) is 0 Å². The van der Waals surface area contributed by atoms with E-state index in [1.165, 1.54) is 42.4 Å². The van der Waals surface area contributed by atoms with E-state index in [0.29, 0.717) is 5.82 Å². The smallest absolute Gasteiger partial charge is 0.160 e. The minimum absolute atomic E-state index is 0.681. The van der Waals surface area contributed by atoms with Crippen LogP contribution in [0.15, 0.2) is 199 Å². The molecular formula is C52H32N2OS. The van der Waals surface area contributed by atoms with Gasteiger partial charge in [-0.15, -0.1) is 11.3 Å². The molecule has 262 valence electrons. The quantitative estimate of drug-likeness (QED) is 0.171. The summed E-state index contributed by atoms with van der Waals surface area (Å²) in [6, 6.07) is 68.3. The van der Waals surface area contributed by atoms with E-state index in [-0.39, 0.29) is 0 Å². The minimum Gasteiger partial charge on any atom is -0.455 e. The fourth-order valence-corrected chi connectivity index (χ4v) is 9.16. The summed E-state index contributed by atoms with van der Waals surface area (Å²) in [5, 5.41) is 4.82. The Labute approximate surface area is 327 Å². The van der Waals surface area contributed by atoms with Crippen LogP contribution in [-0.2, 0) is 0 Å². The van der Waals surface area contributed by atoms with Gasteiger partial charge in [0.05, 0.1) is 11.4 Å². The van der Waals surface area contributed by atoms with E-state index in [1.807, 2.05) is 41.7 Å². The number of rotatable bonds is 6. The zero-order valence-electron chi connectivity index (χ0n) is 30.2. The molecule has 0 aliphatic rings. The fourth-order valence-electron chi connectivity index (χ4n) is 8.02. The molecule has 0 bridgehead atoms. The van der Waals surface area contributed by atoms with Crippen molar-refractivity contribution < 1.29 is 4.42 Å². The molecule has 3 aromatic heterocycles. The summed E-state index contributed by atoms with van der Waals surface area (Å²) in [5.41, 5.74) is 13.4. The molecule has 0 saturated heterocycles. The number of furan rings is 1. The zero-order valence-corrected chi connectivity index (χ0v) is 31.0. The van der Waals surface area contributed by atoms with Crippen LogP contribution in [0.2, 0.25) is 0 Å². The third kappa shape index (κ3) is 5.50. The highest BCUT2D eigenvalue weighted by Crippen LogP contribution is 2.46. The summed E-state index contributed by atoms with van der Waals surface area (Å²) in [5.74, 6) is 0.681. The molecule has 56 heavy (non-hydrogen) atoms. The number of nitrogens with zero attached hydrogens (tertiary/aromatic N) is 2. The molecule has 0 atom stereocenters. The number of hydrogen-bond acceptors (Lipinski definition) is 4. The van der Waals surface area contributed by atoms with Gasteiger partial charge in [0.15, 0.2) is 5.82 Å². The van der Waals surface area contributed by atoms with Crippen molar-refractivity contribution in [3.8, 4) is 67.3 Å². The van der Waals surface area contributed by atoms with Gasteiger partial charge >= 0.3 is 0 Å². The minimum atomic E-state index is 0.681. The van der Waals surface area contributed by atoms with Crippen LogP contribution in [-0.4, -0.2) is 9.97 Å². The number of benzene rings is 8. The Balaban J connectivity index is 1.02. The van der Waals surface area contributed by atoms with E-state index in [9.17, 15) is 0 Å². The van der Waals surface area contributed by atoms with Crippen LogP contribution in [0.3, 0.4) is 0 Å². The Morgan fingerprint density at radius 3 is 1.66 bits per heavy atom. The molecule has 0 aliphatic carbocycles. The van der Waals surface area contributed by atoms with Crippen molar-refractivity contribution >= 4 is 53.4 Å². The molecule has 0 unspecified atom stereocenters. The first kappa shape index (κ1) is 32.3. The number of aromatic nitrogens is 2. The SMILES string of the molecule is c1ccc(-c2ccc(-c3cc(-c4ccccc4)nc(-c4ccc(-c5ccc(-c6cccc7sc8ccccc8c67)c6c5oc5ccccc56)cc4)n3)cc2)cc1. The maximum atomic E-state index is 6.74. The average molecular weight is 733 g/mol. The van der Waals surface area contributed by atoms with Crippen LogP contribution in [0.1, 0.15) is 0 Å². The lowest BCUT2D eigenvalue weighted by atomic mass is 9.92. The van der Waals surface area contributed by atoms with Crippen LogP contribution in [0, 0.1) is 0 Å². The van der Waals surface area contributed by atoms with Gasteiger partial charge in [-0.25, -0.2) is 9.97 Å². The molecule has 0 spiro atoms. The van der Waals surface area contributed by atoms with Crippen molar-refractivity contribution in [3.05, 3.63) is 194 Å². The largest absolute Gasteiger partial charge is 0.455 e. The van der Waals surface area contributed by atoms with E-state index in [1.54, 1.807) is 0 Å². The highest BCUT2D eigenvalue weighted by molar-refractivity contribution is 7.25. The summed E-state index contributed by atoms with van der Waals surface area (Å²) in [6.07, 6.45) is 0. The maximum Gasteiger partial charge on any atom is 0.160 e. The lowest BCUT2D eigenvalue weighted by molar-refractivity contribution is 0.670. The van der Waals surface area contributed by atoms with Crippen molar-refractivity contribution in [1.82, 2.24) is 9.97 Å². The van der Waals surface area contributed by atoms with Gasteiger partial charge in [-0.05, 0) is 58.1 Å². The molecule has 0 radical (unpaired) electrons. The predicted octanol–water partition coefficient (Wildman–Crippen LogP) is 14.7. The van der Waals surface area contributed by atoms with Gasteiger partial charge in [0, 0.05) is 53.2 Å². The molecule has 3 heterocycles. The second-order valence-corrected chi connectivity index (χ2v) is 15.2. The third-order valence-corrected chi connectivity index (χ3v) is 11.9. The van der Waals surface area contributed by atoms with Gasteiger partial charge < -0.3 is 4.42 Å². The summed E-state index contributed by atoms with van der Waals surface area (Å²) < 4.78 is 9.32. The van der Waals surface area contributed by atoms with E-state index in [4.69, 9.17) is 14.4 Å². The molecule has 3 nitrogen and oxygen atoms in total. The Morgan fingerprint density at radius 1 is 0.357 bits per heavy atom. The molecule has 0 saturated carbocycles. The van der Waals surface area contributed by atoms with Crippen molar-refractivity contribution in [3.63, 3.8) is 0 Å². The third-order valence-electron chi connectivity index (χ3n) is 10.8. The highest BCUT2D eigenvalue weighted by atomic mass is 32.1. The van der Waals surface area contributed by atoms with Crippen molar-refractivity contribution in [2.45, 2.75) is 0 Å². The molecule has 4 heteroatoms. The molecule has 0 fully saturated rings. The Hall–Kier alpha value is -7.14. The maximum absolute atomic E-state index is 6.74. The summed E-state index contributed by atoms with van der Waals surface area (Å²) >= 11 is 1.85. The van der Waals surface area contributed by atoms with Crippen LogP contribution in [0.5, 0.6) is 0 Å².